The number of ether oxygens (including phenoxy) is 1. The highest BCUT2D eigenvalue weighted by molar-refractivity contribution is 5.85. The molecular formula is C19H28ClFN2O2. The molecule has 1 unspecified atom stereocenters. The number of morpholine rings is 1. The maximum atomic E-state index is 13.9. The van der Waals surface area contributed by atoms with Gasteiger partial charge >= 0.3 is 0 Å². The Morgan fingerprint density at radius 1 is 1.28 bits per heavy atom. The molecule has 6 heteroatoms. The number of benzene rings is 1. The Kier molecular flexibility index (Phi) is 8.13. The van der Waals surface area contributed by atoms with Crippen molar-refractivity contribution in [2.24, 2.45) is 0 Å². The van der Waals surface area contributed by atoms with Crippen LogP contribution in [0.15, 0.2) is 24.3 Å². The number of halogens is 2. The Morgan fingerprint density at radius 3 is 2.72 bits per heavy atom. The van der Waals surface area contributed by atoms with Gasteiger partial charge in [0.05, 0.1) is 13.2 Å². The van der Waals surface area contributed by atoms with Gasteiger partial charge < -0.3 is 15.0 Å². The molecule has 1 saturated heterocycles. The van der Waals surface area contributed by atoms with E-state index in [0.717, 1.165) is 19.4 Å². The number of hydrogen-bond donors (Lipinski definition) is 1. The standard InChI is InChI=1S/C19H27FN2O2.ClH/c20-18-8-4-1-5-15(18)9-11-22(17-6-2-3-7-17)19(23)13-16-14-24-12-10-21-16;/h1,4-5,8,16-17,21H,2-3,6-7,9-14H2;1H. The van der Waals surface area contributed by atoms with Crippen molar-refractivity contribution in [3.8, 4) is 0 Å². The van der Waals surface area contributed by atoms with Crippen LogP contribution in [0.5, 0.6) is 0 Å². The molecule has 1 atom stereocenters. The Morgan fingerprint density at radius 2 is 2.04 bits per heavy atom. The fourth-order valence-electron chi connectivity index (χ4n) is 3.75. The molecule has 1 aromatic carbocycles. The van der Waals surface area contributed by atoms with Crippen molar-refractivity contribution < 1.29 is 13.9 Å². The predicted octanol–water partition coefficient (Wildman–Crippen LogP) is 2.94. The van der Waals surface area contributed by atoms with Crippen LogP contribution in [0.1, 0.15) is 37.7 Å². The van der Waals surface area contributed by atoms with Crippen LogP contribution < -0.4 is 5.32 Å². The molecule has 140 valence electrons. The van der Waals surface area contributed by atoms with Crippen molar-refractivity contribution in [3.05, 3.63) is 35.6 Å². The third-order valence-electron chi connectivity index (χ3n) is 5.09. The number of nitrogens with one attached hydrogen (secondary N) is 1. The Bertz CT molecular complexity index is 546. The lowest BCUT2D eigenvalue weighted by molar-refractivity contribution is -0.134. The van der Waals surface area contributed by atoms with Crippen molar-refractivity contribution in [2.45, 2.75) is 50.6 Å². The third-order valence-corrected chi connectivity index (χ3v) is 5.09. The SMILES string of the molecule is Cl.O=C(CC1COCCN1)N(CCc1ccccc1F)C1CCCC1. The van der Waals surface area contributed by atoms with Gasteiger partial charge in [-0.15, -0.1) is 12.4 Å². The largest absolute Gasteiger partial charge is 0.378 e. The quantitative estimate of drug-likeness (QED) is 0.837. The molecule has 1 aromatic rings. The zero-order valence-corrected chi connectivity index (χ0v) is 15.4. The van der Waals surface area contributed by atoms with Crippen LogP contribution in [0.2, 0.25) is 0 Å². The summed E-state index contributed by atoms with van der Waals surface area (Å²) in [6.07, 6.45) is 5.53. The molecule has 1 heterocycles. The molecule has 0 aromatic heterocycles. The molecule has 25 heavy (non-hydrogen) atoms. The smallest absolute Gasteiger partial charge is 0.224 e. The molecule has 2 fully saturated rings. The lowest BCUT2D eigenvalue weighted by atomic mass is 10.1. The lowest BCUT2D eigenvalue weighted by Crippen LogP contribution is -2.47. The van der Waals surface area contributed by atoms with E-state index < -0.39 is 0 Å². The summed E-state index contributed by atoms with van der Waals surface area (Å²) in [5.74, 6) is -0.0140. The molecule has 0 spiro atoms. The molecule has 1 N–H and O–H groups in total. The number of carbonyl (C=O) groups is 1. The van der Waals surface area contributed by atoms with E-state index in [1.54, 1.807) is 6.07 Å². The molecule has 4 nitrogen and oxygen atoms in total. The minimum Gasteiger partial charge on any atom is -0.378 e. The minimum atomic E-state index is -0.182. The summed E-state index contributed by atoms with van der Waals surface area (Å²) in [6, 6.07) is 7.26. The Balaban J connectivity index is 0.00000225. The number of nitrogens with zero attached hydrogens (tertiary/aromatic N) is 1. The van der Waals surface area contributed by atoms with Crippen LogP contribution in [0.3, 0.4) is 0 Å². The highest BCUT2D eigenvalue weighted by atomic mass is 35.5. The predicted molar refractivity (Wildman–Crippen MR) is 98.5 cm³/mol. The number of rotatable bonds is 6. The topological polar surface area (TPSA) is 41.6 Å². The fraction of sp³-hybridized carbons (Fsp3) is 0.632. The van der Waals surface area contributed by atoms with Crippen LogP contribution in [0, 0.1) is 5.82 Å². The highest BCUT2D eigenvalue weighted by Crippen LogP contribution is 2.25. The zero-order chi connectivity index (χ0) is 16.8. The molecule has 1 aliphatic carbocycles. The van der Waals surface area contributed by atoms with E-state index in [1.807, 2.05) is 17.0 Å². The summed E-state index contributed by atoms with van der Waals surface area (Å²) in [4.78, 5) is 14.8. The summed E-state index contributed by atoms with van der Waals surface area (Å²) in [5, 5.41) is 3.35. The Labute approximate surface area is 155 Å². The number of hydrogen-bond acceptors (Lipinski definition) is 3. The maximum absolute atomic E-state index is 13.9. The number of amides is 1. The minimum absolute atomic E-state index is 0. The molecule has 0 radical (unpaired) electrons. The van der Waals surface area contributed by atoms with Crippen LogP contribution in [-0.4, -0.2) is 49.2 Å². The fourth-order valence-corrected chi connectivity index (χ4v) is 3.75. The third kappa shape index (κ3) is 5.66. The van der Waals surface area contributed by atoms with Gasteiger partial charge in [0.1, 0.15) is 5.82 Å². The Hall–Kier alpha value is -1.17. The van der Waals surface area contributed by atoms with E-state index in [0.29, 0.717) is 44.2 Å². The average molecular weight is 371 g/mol. The normalized spacial score (nSPS) is 20.9. The molecule has 1 saturated carbocycles. The van der Waals surface area contributed by atoms with Crippen LogP contribution >= 0.6 is 12.4 Å². The van der Waals surface area contributed by atoms with Gasteiger partial charge in [-0.3, -0.25) is 4.79 Å². The summed E-state index contributed by atoms with van der Waals surface area (Å²) < 4.78 is 19.3. The molecule has 0 bridgehead atoms. The van der Waals surface area contributed by atoms with Gasteiger partial charge in [-0.1, -0.05) is 31.0 Å². The van der Waals surface area contributed by atoms with Gasteiger partial charge in [0, 0.05) is 31.6 Å². The van der Waals surface area contributed by atoms with Crippen molar-refractivity contribution in [1.29, 1.82) is 0 Å². The van der Waals surface area contributed by atoms with E-state index in [2.05, 4.69) is 5.32 Å². The van der Waals surface area contributed by atoms with Crippen LogP contribution in [0.4, 0.5) is 4.39 Å². The molecule has 1 aliphatic heterocycles. The van der Waals surface area contributed by atoms with E-state index >= 15 is 0 Å². The first-order valence-corrected chi connectivity index (χ1v) is 9.08. The monoisotopic (exact) mass is 370 g/mol. The molecule has 3 rings (SSSR count). The molecule has 2 aliphatic rings. The van der Waals surface area contributed by atoms with Gasteiger partial charge in [0.15, 0.2) is 0 Å². The second kappa shape index (κ2) is 10.1. The van der Waals surface area contributed by atoms with Crippen molar-refractivity contribution in [2.75, 3.05) is 26.3 Å². The first-order valence-electron chi connectivity index (χ1n) is 9.08. The van der Waals surface area contributed by atoms with Gasteiger partial charge in [0.25, 0.3) is 0 Å². The van der Waals surface area contributed by atoms with E-state index in [4.69, 9.17) is 4.74 Å². The first-order chi connectivity index (χ1) is 11.7. The van der Waals surface area contributed by atoms with Crippen molar-refractivity contribution in [3.63, 3.8) is 0 Å². The zero-order valence-electron chi connectivity index (χ0n) is 14.6. The van der Waals surface area contributed by atoms with Crippen molar-refractivity contribution >= 4 is 18.3 Å². The van der Waals surface area contributed by atoms with Crippen LogP contribution in [-0.2, 0) is 16.0 Å². The second-order valence-corrected chi connectivity index (χ2v) is 6.80. The van der Waals surface area contributed by atoms with Gasteiger partial charge in [0.2, 0.25) is 5.91 Å². The van der Waals surface area contributed by atoms with E-state index in [-0.39, 0.29) is 30.2 Å². The van der Waals surface area contributed by atoms with E-state index in [9.17, 15) is 9.18 Å². The van der Waals surface area contributed by atoms with Gasteiger partial charge in [-0.25, -0.2) is 4.39 Å². The lowest BCUT2D eigenvalue weighted by Gasteiger charge is -2.32. The summed E-state index contributed by atoms with van der Waals surface area (Å²) in [6.45, 7) is 2.70. The van der Waals surface area contributed by atoms with Gasteiger partial charge in [-0.05, 0) is 30.9 Å². The summed E-state index contributed by atoms with van der Waals surface area (Å²) in [5.41, 5.74) is 0.687. The van der Waals surface area contributed by atoms with Gasteiger partial charge in [-0.2, -0.15) is 0 Å². The van der Waals surface area contributed by atoms with E-state index in [1.165, 1.54) is 18.9 Å². The second-order valence-electron chi connectivity index (χ2n) is 6.80. The molecule has 1 amide bonds. The van der Waals surface area contributed by atoms with Crippen LogP contribution in [0.25, 0.3) is 0 Å². The van der Waals surface area contributed by atoms with Crippen molar-refractivity contribution in [1.82, 2.24) is 10.2 Å². The summed E-state index contributed by atoms with van der Waals surface area (Å²) in [7, 11) is 0. The number of carbonyl (C=O) groups excluding carboxylic acids is 1. The maximum Gasteiger partial charge on any atom is 0.224 e. The average Bonchev–Trinajstić information content (AvgIpc) is 3.12. The highest BCUT2D eigenvalue weighted by Gasteiger charge is 2.28. The molecular weight excluding hydrogens is 343 g/mol. The summed E-state index contributed by atoms with van der Waals surface area (Å²) >= 11 is 0. The first kappa shape index (κ1) is 20.1.